The quantitative estimate of drug-likeness (QED) is 0.493. The van der Waals surface area contributed by atoms with E-state index in [1.807, 2.05) is 30.3 Å². The van der Waals surface area contributed by atoms with E-state index < -0.39 is 23.5 Å². The molecule has 168 valence electrons. The molecule has 0 spiro atoms. The third kappa shape index (κ3) is 5.31. The van der Waals surface area contributed by atoms with Crippen LogP contribution in [0.15, 0.2) is 51.7 Å². The number of ether oxygens (including phenoxy) is 1. The van der Waals surface area contributed by atoms with E-state index in [-0.39, 0.29) is 17.7 Å². The highest BCUT2D eigenvalue weighted by Crippen LogP contribution is 2.29. The molecule has 1 amide bonds. The number of nitrogens with one attached hydrogen (secondary N) is 1. The van der Waals surface area contributed by atoms with Gasteiger partial charge in [-0.05, 0) is 37.1 Å². The summed E-state index contributed by atoms with van der Waals surface area (Å²) in [7, 11) is 1.53. The number of amides is 1. The second kappa shape index (κ2) is 10.4. The van der Waals surface area contributed by atoms with Crippen molar-refractivity contribution in [2.24, 2.45) is 0 Å². The highest BCUT2D eigenvalue weighted by Gasteiger charge is 2.20. The summed E-state index contributed by atoms with van der Waals surface area (Å²) in [6.07, 6.45) is -0.289. The van der Waals surface area contributed by atoms with Gasteiger partial charge in [0.25, 0.3) is 0 Å². The van der Waals surface area contributed by atoms with Gasteiger partial charge in [0.15, 0.2) is 0 Å². The van der Waals surface area contributed by atoms with Crippen molar-refractivity contribution >= 4 is 34.6 Å². The number of fused-ring (bicyclic) bond motifs is 1. The molecule has 2 aromatic carbocycles. The van der Waals surface area contributed by atoms with Crippen LogP contribution < -0.4 is 20.8 Å². The molecule has 3 aromatic rings. The first-order valence-electron chi connectivity index (χ1n) is 10.0. The van der Waals surface area contributed by atoms with Gasteiger partial charge in [0.05, 0.1) is 31.1 Å². The molecule has 7 nitrogen and oxygen atoms in total. The molecule has 0 aliphatic rings. The first-order chi connectivity index (χ1) is 15.3. The number of aryl methyl sites for hydroxylation is 2. The summed E-state index contributed by atoms with van der Waals surface area (Å²) in [5.74, 6) is -0.608. The topological polar surface area (TPSA) is 109 Å². The summed E-state index contributed by atoms with van der Waals surface area (Å²) in [4.78, 5) is 36.6. The van der Waals surface area contributed by atoms with Crippen molar-refractivity contribution in [3.8, 4) is 5.75 Å². The summed E-state index contributed by atoms with van der Waals surface area (Å²) in [6.45, 7) is 3.52. The predicted octanol–water partition coefficient (Wildman–Crippen LogP) is 2.13. The van der Waals surface area contributed by atoms with E-state index >= 15 is 0 Å². The average molecular weight is 455 g/mol. The van der Waals surface area contributed by atoms with Crippen molar-refractivity contribution < 1.29 is 23.8 Å². The Bertz CT molecular complexity index is 1190. The zero-order chi connectivity index (χ0) is 23.3. The van der Waals surface area contributed by atoms with Gasteiger partial charge in [-0.3, -0.25) is 4.79 Å². The van der Waals surface area contributed by atoms with Gasteiger partial charge in [0.2, 0.25) is 5.91 Å². The third-order valence-corrected chi connectivity index (χ3v) is 6.33. The molecule has 0 saturated carbocycles. The van der Waals surface area contributed by atoms with Gasteiger partial charge >= 0.3 is 5.63 Å². The zero-order valence-electron chi connectivity index (χ0n) is 18.1. The minimum Gasteiger partial charge on any atom is -0.548 e. The van der Waals surface area contributed by atoms with Gasteiger partial charge in [0.1, 0.15) is 11.3 Å². The fourth-order valence-corrected chi connectivity index (χ4v) is 4.44. The van der Waals surface area contributed by atoms with E-state index in [0.29, 0.717) is 33.6 Å². The molecule has 1 aromatic heterocycles. The van der Waals surface area contributed by atoms with Gasteiger partial charge in [-0.25, -0.2) is 4.79 Å². The van der Waals surface area contributed by atoms with Gasteiger partial charge < -0.3 is 24.4 Å². The predicted molar refractivity (Wildman–Crippen MR) is 122 cm³/mol. The lowest BCUT2D eigenvalue weighted by molar-refractivity contribution is -0.307. The maximum Gasteiger partial charge on any atom is 0.340 e. The van der Waals surface area contributed by atoms with Crippen molar-refractivity contribution in [2.45, 2.75) is 32.1 Å². The molecule has 3 rings (SSSR count). The van der Waals surface area contributed by atoms with Crippen LogP contribution in [-0.4, -0.2) is 30.8 Å². The van der Waals surface area contributed by atoms with Crippen molar-refractivity contribution in [3.05, 3.63) is 75.1 Å². The second-order valence-electron chi connectivity index (χ2n) is 7.38. The first kappa shape index (κ1) is 23.4. The van der Waals surface area contributed by atoms with Crippen LogP contribution in [-0.2, 0) is 21.8 Å². The Balaban J connectivity index is 1.72. The lowest BCUT2D eigenvalue weighted by Crippen LogP contribution is -2.50. The first-order valence-corrected chi connectivity index (χ1v) is 11.2. The lowest BCUT2D eigenvalue weighted by atomic mass is 10.0. The van der Waals surface area contributed by atoms with Crippen LogP contribution in [0.3, 0.4) is 0 Å². The number of hydrogen-bond acceptors (Lipinski definition) is 7. The Kier molecular flexibility index (Phi) is 7.58. The zero-order valence-corrected chi connectivity index (χ0v) is 18.9. The Morgan fingerprint density at radius 2 is 1.84 bits per heavy atom. The standard InChI is InChI=1S/C24H25NO6S/c1-14-17-9-10-20(30-3)15(2)22(17)31-24(29)18(14)11-21(26)25-19(23(27)28)13-32-12-16-7-5-4-6-8-16/h4-10,19H,11-13H2,1-3H3,(H,25,26)(H,27,28)/p-1/t19-/m0/s1. The molecule has 0 aliphatic carbocycles. The monoisotopic (exact) mass is 454 g/mol. The van der Waals surface area contributed by atoms with Crippen LogP contribution in [0.4, 0.5) is 0 Å². The highest BCUT2D eigenvalue weighted by atomic mass is 32.2. The average Bonchev–Trinajstić information content (AvgIpc) is 2.77. The van der Waals surface area contributed by atoms with Crippen LogP contribution in [0.1, 0.15) is 22.3 Å². The second-order valence-corrected chi connectivity index (χ2v) is 8.41. The minimum atomic E-state index is -1.37. The number of benzene rings is 2. The molecule has 32 heavy (non-hydrogen) atoms. The molecule has 0 saturated heterocycles. The number of thioether (sulfide) groups is 1. The van der Waals surface area contributed by atoms with Gasteiger partial charge in [-0.1, -0.05) is 30.3 Å². The Morgan fingerprint density at radius 1 is 1.12 bits per heavy atom. The Hall–Kier alpha value is -3.26. The number of rotatable bonds is 9. The van der Waals surface area contributed by atoms with E-state index in [9.17, 15) is 19.5 Å². The van der Waals surface area contributed by atoms with Crippen LogP contribution in [0, 0.1) is 13.8 Å². The van der Waals surface area contributed by atoms with Crippen LogP contribution >= 0.6 is 11.8 Å². The number of carboxylic acid groups (broad SMARTS) is 1. The van der Waals surface area contributed by atoms with Crippen LogP contribution in [0.5, 0.6) is 5.75 Å². The maximum absolute atomic E-state index is 12.6. The van der Waals surface area contributed by atoms with E-state index in [2.05, 4.69) is 5.32 Å². The normalized spacial score (nSPS) is 11.8. The van der Waals surface area contributed by atoms with E-state index in [1.165, 1.54) is 18.9 Å². The molecular formula is C24H24NO6S-. The summed E-state index contributed by atoms with van der Waals surface area (Å²) >= 11 is 1.38. The number of carbonyl (C=O) groups excluding carboxylic acids is 2. The fourth-order valence-electron chi connectivity index (χ4n) is 3.44. The molecule has 1 N–H and O–H groups in total. The molecule has 0 fully saturated rings. The van der Waals surface area contributed by atoms with Gasteiger partial charge in [0, 0.05) is 22.5 Å². The van der Waals surface area contributed by atoms with Crippen molar-refractivity contribution in [3.63, 3.8) is 0 Å². The molecule has 1 heterocycles. The number of hydrogen-bond donors (Lipinski definition) is 1. The number of carbonyl (C=O) groups is 2. The van der Waals surface area contributed by atoms with E-state index in [0.717, 1.165) is 5.56 Å². The number of carboxylic acids is 1. The van der Waals surface area contributed by atoms with Gasteiger partial charge in [-0.15, -0.1) is 0 Å². The lowest BCUT2D eigenvalue weighted by Gasteiger charge is -2.19. The van der Waals surface area contributed by atoms with Crippen LogP contribution in [0.25, 0.3) is 11.0 Å². The molecule has 1 atom stereocenters. The van der Waals surface area contributed by atoms with Gasteiger partial charge in [-0.2, -0.15) is 11.8 Å². The maximum atomic E-state index is 12.6. The number of aliphatic carboxylic acids is 1. The van der Waals surface area contributed by atoms with E-state index in [4.69, 9.17) is 9.15 Å². The largest absolute Gasteiger partial charge is 0.548 e. The minimum absolute atomic E-state index is 0.146. The fraction of sp³-hybridized carbons (Fsp3) is 0.292. The molecule has 0 radical (unpaired) electrons. The van der Waals surface area contributed by atoms with E-state index in [1.54, 1.807) is 26.0 Å². The summed E-state index contributed by atoms with van der Waals surface area (Å²) < 4.78 is 10.7. The summed E-state index contributed by atoms with van der Waals surface area (Å²) in [5, 5.41) is 14.7. The van der Waals surface area contributed by atoms with Crippen LogP contribution in [0.2, 0.25) is 0 Å². The molecule has 0 aliphatic heterocycles. The Morgan fingerprint density at radius 3 is 2.50 bits per heavy atom. The van der Waals surface area contributed by atoms with Crippen molar-refractivity contribution in [1.29, 1.82) is 0 Å². The Labute approximate surface area is 189 Å². The molecule has 0 unspecified atom stereocenters. The summed E-state index contributed by atoms with van der Waals surface area (Å²) in [5.41, 5.74) is 2.31. The summed E-state index contributed by atoms with van der Waals surface area (Å²) in [6, 6.07) is 12.0. The smallest absolute Gasteiger partial charge is 0.340 e. The highest BCUT2D eigenvalue weighted by molar-refractivity contribution is 7.98. The number of methoxy groups -OCH3 is 1. The SMILES string of the molecule is COc1ccc2c(C)c(CC(=O)N[C@@H](CSCc3ccccc3)C(=O)[O-])c(=O)oc2c1C. The molecule has 8 heteroatoms. The third-order valence-electron chi connectivity index (χ3n) is 5.23. The van der Waals surface area contributed by atoms with Crippen molar-refractivity contribution in [2.75, 3.05) is 12.9 Å². The molecular weight excluding hydrogens is 430 g/mol. The van der Waals surface area contributed by atoms with Crippen molar-refractivity contribution in [1.82, 2.24) is 5.32 Å². The molecule has 0 bridgehead atoms.